The Hall–Kier alpha value is -2.68. The van der Waals surface area contributed by atoms with E-state index in [1.165, 1.54) is 19.2 Å². The molecule has 9 heteroatoms. The summed E-state index contributed by atoms with van der Waals surface area (Å²) in [5.41, 5.74) is 0.457. The molecule has 2 rings (SSSR count). The summed E-state index contributed by atoms with van der Waals surface area (Å²) < 4.78 is 5.23. The summed E-state index contributed by atoms with van der Waals surface area (Å²) in [6.45, 7) is 1.94. The summed E-state index contributed by atoms with van der Waals surface area (Å²) in [5, 5.41) is 16.1. The summed E-state index contributed by atoms with van der Waals surface area (Å²) in [6.07, 6.45) is 0. The number of carbonyl (C=O) groups is 2. The number of nitrogens with zero attached hydrogens (tertiary/aromatic N) is 2. The minimum Gasteiger partial charge on any atom is -0.378 e. The number of nitrogens with one attached hydrogen (secondary N) is 2. The molecule has 0 unspecified atom stereocenters. The molecule has 0 aromatic heterocycles. The fourth-order valence-electron chi connectivity index (χ4n) is 2.23. The highest BCUT2D eigenvalue weighted by Gasteiger charge is 2.23. The molecule has 9 nitrogen and oxygen atoms in total. The van der Waals surface area contributed by atoms with Crippen molar-refractivity contribution in [3.05, 3.63) is 33.9 Å². The van der Waals surface area contributed by atoms with Gasteiger partial charge in [0.1, 0.15) is 5.69 Å². The molecule has 1 aliphatic heterocycles. The Bertz CT molecular complexity index is 613. The van der Waals surface area contributed by atoms with Crippen LogP contribution in [0, 0.1) is 10.1 Å². The number of ether oxygens (including phenoxy) is 1. The third kappa shape index (κ3) is 4.16. The van der Waals surface area contributed by atoms with Crippen molar-refractivity contribution < 1.29 is 19.2 Å². The van der Waals surface area contributed by atoms with Gasteiger partial charge >= 0.3 is 0 Å². The first kappa shape index (κ1) is 16.7. The Kier molecular flexibility index (Phi) is 5.47. The third-order valence-electron chi connectivity index (χ3n) is 3.47. The van der Waals surface area contributed by atoms with Gasteiger partial charge in [-0.3, -0.25) is 19.7 Å². The van der Waals surface area contributed by atoms with Crippen LogP contribution in [0.1, 0.15) is 10.4 Å². The predicted octanol–water partition coefficient (Wildman–Crippen LogP) is -0.0928. The van der Waals surface area contributed by atoms with Gasteiger partial charge in [0.15, 0.2) is 0 Å². The van der Waals surface area contributed by atoms with Crippen molar-refractivity contribution in [3.8, 4) is 0 Å². The van der Waals surface area contributed by atoms with Crippen molar-refractivity contribution in [1.29, 1.82) is 0 Å². The lowest BCUT2D eigenvalue weighted by atomic mass is 10.1. The molecular formula is C14H18N4O5. The number of benzene rings is 1. The lowest BCUT2D eigenvalue weighted by Gasteiger charge is -2.28. The first-order valence-corrected chi connectivity index (χ1v) is 7.13. The van der Waals surface area contributed by atoms with E-state index in [9.17, 15) is 19.7 Å². The number of nitro benzene ring substituents is 1. The van der Waals surface area contributed by atoms with Crippen molar-refractivity contribution in [2.75, 3.05) is 44.8 Å². The molecule has 1 saturated heterocycles. The number of hydrogen-bond donors (Lipinski definition) is 2. The van der Waals surface area contributed by atoms with E-state index in [4.69, 9.17) is 4.74 Å². The molecular weight excluding hydrogens is 304 g/mol. The molecule has 0 aliphatic carbocycles. The average molecular weight is 322 g/mol. The number of amides is 2. The van der Waals surface area contributed by atoms with Crippen LogP contribution in [0.5, 0.6) is 0 Å². The smallest absolute Gasteiger partial charge is 0.293 e. The number of morpholine rings is 1. The molecule has 1 heterocycles. The van der Waals surface area contributed by atoms with Gasteiger partial charge in [-0.05, 0) is 12.1 Å². The van der Waals surface area contributed by atoms with Gasteiger partial charge in [0, 0.05) is 31.8 Å². The Balaban J connectivity index is 2.19. The number of nitro groups is 1. The molecule has 0 bridgehead atoms. The van der Waals surface area contributed by atoms with E-state index >= 15 is 0 Å². The van der Waals surface area contributed by atoms with Crippen molar-refractivity contribution >= 4 is 23.2 Å². The van der Waals surface area contributed by atoms with Crippen molar-refractivity contribution in [2.45, 2.75) is 0 Å². The van der Waals surface area contributed by atoms with Crippen LogP contribution in [-0.4, -0.2) is 56.6 Å². The van der Waals surface area contributed by atoms with E-state index in [0.29, 0.717) is 32.0 Å². The molecule has 2 amide bonds. The average Bonchev–Trinajstić information content (AvgIpc) is 2.59. The maximum atomic E-state index is 12.0. The lowest BCUT2D eigenvalue weighted by Crippen LogP contribution is -2.37. The highest BCUT2D eigenvalue weighted by molar-refractivity contribution is 5.97. The number of likely N-dealkylation sites (N-methyl/N-ethyl adjacent to an activating group) is 1. The molecule has 0 saturated carbocycles. The molecule has 0 atom stereocenters. The Morgan fingerprint density at radius 2 is 2.04 bits per heavy atom. The maximum absolute atomic E-state index is 12.0. The van der Waals surface area contributed by atoms with Crippen LogP contribution in [0.4, 0.5) is 11.4 Å². The second-order valence-electron chi connectivity index (χ2n) is 4.92. The van der Waals surface area contributed by atoms with Crippen molar-refractivity contribution in [3.63, 3.8) is 0 Å². The summed E-state index contributed by atoms with van der Waals surface area (Å²) in [4.78, 5) is 35.8. The fourth-order valence-corrected chi connectivity index (χ4v) is 2.23. The van der Waals surface area contributed by atoms with Gasteiger partial charge in [0.25, 0.3) is 11.6 Å². The number of hydrogen-bond acceptors (Lipinski definition) is 6. The van der Waals surface area contributed by atoms with Gasteiger partial charge in [0.05, 0.1) is 24.7 Å². The predicted molar refractivity (Wildman–Crippen MR) is 82.5 cm³/mol. The SMILES string of the molecule is CNC(=O)CNC(=O)c1ccc(N2CCOCC2)c([N+](=O)[O-])c1. The topological polar surface area (TPSA) is 114 Å². The zero-order chi connectivity index (χ0) is 16.8. The van der Waals surface area contributed by atoms with E-state index in [1.54, 1.807) is 6.07 Å². The summed E-state index contributed by atoms with van der Waals surface area (Å²) in [6, 6.07) is 4.29. The molecule has 23 heavy (non-hydrogen) atoms. The first-order chi connectivity index (χ1) is 11.0. The minimum atomic E-state index is -0.537. The first-order valence-electron chi connectivity index (χ1n) is 7.13. The van der Waals surface area contributed by atoms with E-state index in [-0.39, 0.29) is 23.7 Å². The van der Waals surface area contributed by atoms with Gasteiger partial charge in [-0.2, -0.15) is 0 Å². The zero-order valence-electron chi connectivity index (χ0n) is 12.7. The molecule has 2 N–H and O–H groups in total. The summed E-state index contributed by atoms with van der Waals surface area (Å²) in [5.74, 6) is -0.886. The van der Waals surface area contributed by atoms with Gasteiger partial charge in [-0.15, -0.1) is 0 Å². The van der Waals surface area contributed by atoms with E-state index in [0.717, 1.165) is 0 Å². The lowest BCUT2D eigenvalue weighted by molar-refractivity contribution is -0.384. The van der Waals surface area contributed by atoms with Crippen molar-refractivity contribution in [2.24, 2.45) is 0 Å². The second kappa shape index (κ2) is 7.54. The number of rotatable bonds is 5. The summed E-state index contributed by atoms with van der Waals surface area (Å²) in [7, 11) is 1.45. The van der Waals surface area contributed by atoms with Gasteiger partial charge in [-0.1, -0.05) is 0 Å². The Morgan fingerprint density at radius 1 is 1.35 bits per heavy atom. The number of anilines is 1. The molecule has 1 aromatic carbocycles. The molecule has 1 aliphatic rings. The Morgan fingerprint density at radius 3 is 2.65 bits per heavy atom. The standard InChI is InChI=1S/C14H18N4O5/c1-15-13(19)9-16-14(20)10-2-3-11(12(8-10)18(21)22)17-4-6-23-7-5-17/h2-3,8H,4-7,9H2,1H3,(H,15,19)(H,16,20). The van der Waals surface area contributed by atoms with E-state index < -0.39 is 10.8 Å². The normalized spacial score (nSPS) is 14.2. The van der Waals surface area contributed by atoms with Crippen molar-refractivity contribution in [1.82, 2.24) is 10.6 Å². The van der Waals surface area contributed by atoms with Gasteiger partial charge in [-0.25, -0.2) is 0 Å². The number of carbonyl (C=O) groups excluding carboxylic acids is 2. The van der Waals surface area contributed by atoms with Crippen LogP contribution in [0.2, 0.25) is 0 Å². The molecule has 0 spiro atoms. The monoisotopic (exact) mass is 322 g/mol. The second-order valence-corrected chi connectivity index (χ2v) is 4.92. The highest BCUT2D eigenvalue weighted by Crippen LogP contribution is 2.29. The highest BCUT2D eigenvalue weighted by atomic mass is 16.6. The fraction of sp³-hybridized carbons (Fsp3) is 0.429. The zero-order valence-corrected chi connectivity index (χ0v) is 12.7. The molecule has 0 radical (unpaired) electrons. The minimum absolute atomic E-state index is 0.137. The van der Waals surface area contributed by atoms with Crippen LogP contribution >= 0.6 is 0 Å². The molecule has 1 fully saturated rings. The van der Waals surface area contributed by atoms with E-state index in [2.05, 4.69) is 10.6 Å². The molecule has 1 aromatic rings. The van der Waals surface area contributed by atoms with Gasteiger partial charge < -0.3 is 20.3 Å². The largest absolute Gasteiger partial charge is 0.378 e. The van der Waals surface area contributed by atoms with Gasteiger partial charge in [0.2, 0.25) is 5.91 Å². The van der Waals surface area contributed by atoms with Crippen LogP contribution < -0.4 is 15.5 Å². The van der Waals surface area contributed by atoms with Crippen LogP contribution in [0.25, 0.3) is 0 Å². The van der Waals surface area contributed by atoms with Crippen LogP contribution in [0.15, 0.2) is 18.2 Å². The molecule has 124 valence electrons. The van der Waals surface area contributed by atoms with Crippen LogP contribution in [0.3, 0.4) is 0 Å². The third-order valence-corrected chi connectivity index (χ3v) is 3.47. The van der Waals surface area contributed by atoms with E-state index in [1.807, 2.05) is 4.90 Å². The van der Waals surface area contributed by atoms with Crippen LogP contribution in [-0.2, 0) is 9.53 Å². The summed E-state index contributed by atoms with van der Waals surface area (Å²) >= 11 is 0. The quantitative estimate of drug-likeness (QED) is 0.578. The maximum Gasteiger partial charge on any atom is 0.293 e. The Labute approximate surface area is 132 Å².